The first-order valence-electron chi connectivity index (χ1n) is 5.79. The lowest BCUT2D eigenvalue weighted by atomic mass is 10.2. The summed E-state index contributed by atoms with van der Waals surface area (Å²) < 4.78 is 0. The van der Waals surface area contributed by atoms with Crippen LogP contribution in [0.15, 0.2) is 12.5 Å². The lowest BCUT2D eigenvalue weighted by Gasteiger charge is -2.18. The van der Waals surface area contributed by atoms with Crippen LogP contribution >= 0.6 is 0 Å². The predicted octanol–water partition coefficient (Wildman–Crippen LogP) is 1.29. The molecule has 0 saturated carbocycles. The maximum Gasteiger partial charge on any atom is 0.136 e. The molecule has 0 fully saturated rings. The van der Waals surface area contributed by atoms with Crippen molar-refractivity contribution in [2.75, 3.05) is 25.0 Å². The van der Waals surface area contributed by atoms with Crippen LogP contribution in [0, 0.1) is 18.3 Å². The van der Waals surface area contributed by atoms with Crippen LogP contribution in [0.4, 0.5) is 5.82 Å². The van der Waals surface area contributed by atoms with Gasteiger partial charge >= 0.3 is 0 Å². The van der Waals surface area contributed by atoms with Gasteiger partial charge < -0.3 is 10.2 Å². The third-order valence-corrected chi connectivity index (χ3v) is 2.32. The molecule has 0 atom stereocenters. The van der Waals surface area contributed by atoms with Crippen molar-refractivity contribution < 1.29 is 0 Å². The van der Waals surface area contributed by atoms with Crippen molar-refractivity contribution in [3.05, 3.63) is 18.1 Å². The predicted molar refractivity (Wildman–Crippen MR) is 70.7 cm³/mol. The van der Waals surface area contributed by atoms with E-state index in [0.717, 1.165) is 24.5 Å². The van der Waals surface area contributed by atoms with E-state index in [0.29, 0.717) is 12.5 Å². The molecule has 0 aliphatic carbocycles. The smallest absolute Gasteiger partial charge is 0.136 e. The molecule has 0 aliphatic heterocycles. The van der Waals surface area contributed by atoms with Gasteiger partial charge in [0.15, 0.2) is 0 Å². The van der Waals surface area contributed by atoms with Gasteiger partial charge in [0.1, 0.15) is 12.1 Å². The molecule has 4 nitrogen and oxygen atoms in total. The van der Waals surface area contributed by atoms with E-state index in [1.165, 1.54) is 0 Å². The quantitative estimate of drug-likeness (QED) is 0.750. The van der Waals surface area contributed by atoms with Crippen LogP contribution < -0.4 is 10.2 Å². The van der Waals surface area contributed by atoms with Gasteiger partial charge in [-0.15, -0.1) is 6.42 Å². The minimum atomic E-state index is 0.550. The Morgan fingerprint density at radius 1 is 1.53 bits per heavy atom. The van der Waals surface area contributed by atoms with Gasteiger partial charge in [-0.25, -0.2) is 9.97 Å². The maximum atomic E-state index is 5.31. The second-order valence-corrected chi connectivity index (χ2v) is 4.46. The van der Waals surface area contributed by atoms with E-state index >= 15 is 0 Å². The summed E-state index contributed by atoms with van der Waals surface area (Å²) in [4.78, 5) is 10.3. The number of anilines is 1. The van der Waals surface area contributed by atoms with Gasteiger partial charge in [0, 0.05) is 25.4 Å². The maximum absolute atomic E-state index is 5.31. The van der Waals surface area contributed by atoms with E-state index in [2.05, 4.69) is 35.1 Å². The number of hydrogen-bond donors (Lipinski definition) is 1. The number of rotatable bonds is 6. The first kappa shape index (κ1) is 13.5. The number of nitrogens with one attached hydrogen (secondary N) is 1. The van der Waals surface area contributed by atoms with Gasteiger partial charge in [0.05, 0.1) is 6.54 Å². The van der Waals surface area contributed by atoms with E-state index in [9.17, 15) is 0 Å². The summed E-state index contributed by atoms with van der Waals surface area (Å²) in [5.74, 6) is 4.14. The second kappa shape index (κ2) is 6.87. The molecule has 0 aliphatic rings. The van der Waals surface area contributed by atoms with Crippen molar-refractivity contribution in [2.45, 2.75) is 20.4 Å². The molecule has 92 valence electrons. The van der Waals surface area contributed by atoms with Gasteiger partial charge in [-0.05, 0) is 12.5 Å². The molecule has 4 heteroatoms. The summed E-state index contributed by atoms with van der Waals surface area (Å²) in [6.07, 6.45) is 8.69. The SMILES string of the molecule is C#CCN(C)c1ncncc1CNCC(C)C. The number of nitrogens with zero attached hydrogens (tertiary/aromatic N) is 3. The molecule has 1 heterocycles. The molecular weight excluding hydrogens is 212 g/mol. The summed E-state index contributed by atoms with van der Waals surface area (Å²) in [7, 11) is 1.94. The summed E-state index contributed by atoms with van der Waals surface area (Å²) >= 11 is 0. The molecule has 0 amide bonds. The van der Waals surface area contributed by atoms with Crippen molar-refractivity contribution in [3.63, 3.8) is 0 Å². The first-order chi connectivity index (χ1) is 8.15. The highest BCUT2D eigenvalue weighted by atomic mass is 15.2. The number of hydrogen-bond acceptors (Lipinski definition) is 4. The second-order valence-electron chi connectivity index (χ2n) is 4.46. The minimum Gasteiger partial charge on any atom is -0.348 e. The Balaban J connectivity index is 2.68. The van der Waals surface area contributed by atoms with Crippen LogP contribution in [0.25, 0.3) is 0 Å². The Kier molecular flexibility index (Phi) is 5.44. The van der Waals surface area contributed by atoms with Crippen LogP contribution in [-0.2, 0) is 6.54 Å². The van der Waals surface area contributed by atoms with Gasteiger partial charge in [-0.3, -0.25) is 0 Å². The Morgan fingerprint density at radius 3 is 2.94 bits per heavy atom. The lowest BCUT2D eigenvalue weighted by molar-refractivity contribution is 0.551. The Bertz CT molecular complexity index is 381. The molecule has 0 radical (unpaired) electrons. The third-order valence-electron chi connectivity index (χ3n) is 2.32. The van der Waals surface area contributed by atoms with E-state index in [1.54, 1.807) is 6.33 Å². The van der Waals surface area contributed by atoms with Crippen LogP contribution in [0.5, 0.6) is 0 Å². The molecule has 0 spiro atoms. The minimum absolute atomic E-state index is 0.550. The Labute approximate surface area is 103 Å². The van der Waals surface area contributed by atoms with E-state index < -0.39 is 0 Å². The first-order valence-corrected chi connectivity index (χ1v) is 5.79. The molecule has 1 rings (SSSR count). The van der Waals surface area contributed by atoms with Crippen LogP contribution in [0.2, 0.25) is 0 Å². The van der Waals surface area contributed by atoms with Crippen LogP contribution in [0.1, 0.15) is 19.4 Å². The highest BCUT2D eigenvalue weighted by Crippen LogP contribution is 2.13. The normalized spacial score (nSPS) is 10.3. The van der Waals surface area contributed by atoms with Crippen LogP contribution in [0.3, 0.4) is 0 Å². The Morgan fingerprint density at radius 2 is 2.29 bits per heavy atom. The zero-order valence-electron chi connectivity index (χ0n) is 10.8. The van der Waals surface area contributed by atoms with Crippen molar-refractivity contribution in [3.8, 4) is 12.3 Å². The van der Waals surface area contributed by atoms with Gasteiger partial charge in [0.2, 0.25) is 0 Å². The van der Waals surface area contributed by atoms with Gasteiger partial charge in [-0.2, -0.15) is 0 Å². The summed E-state index contributed by atoms with van der Waals surface area (Å²) in [6, 6.07) is 0. The molecule has 0 bridgehead atoms. The molecule has 1 N–H and O–H groups in total. The molecule has 0 aromatic carbocycles. The van der Waals surface area contributed by atoms with Crippen molar-refractivity contribution in [1.29, 1.82) is 0 Å². The molecule has 0 saturated heterocycles. The fourth-order valence-electron chi connectivity index (χ4n) is 1.53. The summed E-state index contributed by atoms with van der Waals surface area (Å²) in [5.41, 5.74) is 1.07. The van der Waals surface area contributed by atoms with E-state index in [1.807, 2.05) is 18.1 Å². The fourth-order valence-corrected chi connectivity index (χ4v) is 1.53. The van der Waals surface area contributed by atoms with Gasteiger partial charge in [-0.1, -0.05) is 19.8 Å². The van der Waals surface area contributed by atoms with E-state index in [-0.39, 0.29) is 0 Å². The average Bonchev–Trinajstić information content (AvgIpc) is 2.29. The zero-order valence-corrected chi connectivity index (χ0v) is 10.8. The summed E-state index contributed by atoms with van der Waals surface area (Å²) in [6.45, 7) is 6.66. The number of aromatic nitrogens is 2. The highest BCUT2D eigenvalue weighted by Gasteiger charge is 2.08. The van der Waals surface area contributed by atoms with Crippen molar-refractivity contribution in [2.24, 2.45) is 5.92 Å². The topological polar surface area (TPSA) is 41.1 Å². The lowest BCUT2D eigenvalue weighted by Crippen LogP contribution is -2.24. The molecule has 17 heavy (non-hydrogen) atoms. The molecular formula is C13H20N4. The largest absolute Gasteiger partial charge is 0.348 e. The summed E-state index contributed by atoms with van der Waals surface area (Å²) in [5, 5.41) is 3.38. The zero-order chi connectivity index (χ0) is 12.7. The monoisotopic (exact) mass is 232 g/mol. The van der Waals surface area contributed by atoms with Crippen molar-refractivity contribution >= 4 is 5.82 Å². The molecule has 0 unspecified atom stereocenters. The Hall–Kier alpha value is -1.60. The fraction of sp³-hybridized carbons (Fsp3) is 0.538. The molecule has 1 aromatic heterocycles. The van der Waals surface area contributed by atoms with Crippen molar-refractivity contribution in [1.82, 2.24) is 15.3 Å². The van der Waals surface area contributed by atoms with Crippen LogP contribution in [-0.4, -0.2) is 30.1 Å². The van der Waals surface area contributed by atoms with Gasteiger partial charge in [0.25, 0.3) is 0 Å². The average molecular weight is 232 g/mol. The highest BCUT2D eigenvalue weighted by molar-refractivity contribution is 5.45. The molecule has 1 aromatic rings. The third kappa shape index (κ3) is 4.41. The van der Waals surface area contributed by atoms with E-state index in [4.69, 9.17) is 6.42 Å². The number of terminal acetylenes is 1. The standard InChI is InChI=1S/C13H20N4/c1-5-6-17(4)13-12(9-15-10-16-13)8-14-7-11(2)3/h1,9-11,14H,6-8H2,2-4H3.